The maximum Gasteiger partial charge on any atom is 0.305 e. The molecular weight excluding hydrogens is 278 g/mol. The molecular formula is C13H9N3O3S. The summed E-state index contributed by atoms with van der Waals surface area (Å²) in [6.45, 7) is 0. The third-order valence-corrected chi connectivity index (χ3v) is 3.38. The molecule has 100 valence electrons. The van der Waals surface area contributed by atoms with Gasteiger partial charge >= 0.3 is 5.69 Å². The molecule has 0 fully saturated rings. The number of pyridine rings is 1. The molecule has 0 aliphatic carbocycles. The van der Waals surface area contributed by atoms with Gasteiger partial charge in [0.15, 0.2) is 0 Å². The second-order valence-electron chi connectivity index (χ2n) is 3.66. The van der Waals surface area contributed by atoms with Crippen molar-refractivity contribution >= 4 is 17.4 Å². The number of hydrogen-bond acceptors (Lipinski definition) is 6. The van der Waals surface area contributed by atoms with Crippen LogP contribution in [-0.4, -0.2) is 17.0 Å². The number of nitriles is 1. The van der Waals surface area contributed by atoms with Gasteiger partial charge < -0.3 is 4.74 Å². The average Bonchev–Trinajstić information content (AvgIpc) is 2.47. The van der Waals surface area contributed by atoms with Crippen molar-refractivity contribution in [2.24, 2.45) is 0 Å². The molecule has 2 rings (SSSR count). The topological polar surface area (TPSA) is 89.0 Å². The first kappa shape index (κ1) is 13.8. The van der Waals surface area contributed by atoms with Crippen LogP contribution in [0.5, 0.6) is 5.75 Å². The SMILES string of the molecule is COc1ccc(Sc2ccc([N+](=O)[O-])c(C#N)n2)cc1. The van der Waals surface area contributed by atoms with Crippen molar-refractivity contribution < 1.29 is 9.66 Å². The van der Waals surface area contributed by atoms with Crippen LogP contribution in [0.1, 0.15) is 5.69 Å². The Balaban J connectivity index is 2.25. The summed E-state index contributed by atoms with van der Waals surface area (Å²) in [5.74, 6) is 0.740. The van der Waals surface area contributed by atoms with E-state index in [4.69, 9.17) is 10.00 Å². The molecule has 0 amide bonds. The lowest BCUT2D eigenvalue weighted by Gasteiger charge is -2.03. The van der Waals surface area contributed by atoms with Gasteiger partial charge in [0.25, 0.3) is 0 Å². The Morgan fingerprint density at radius 3 is 2.55 bits per heavy atom. The van der Waals surface area contributed by atoms with Gasteiger partial charge in [-0.05, 0) is 30.3 Å². The van der Waals surface area contributed by atoms with E-state index in [-0.39, 0.29) is 11.4 Å². The summed E-state index contributed by atoms with van der Waals surface area (Å²) in [7, 11) is 1.58. The van der Waals surface area contributed by atoms with Crippen molar-refractivity contribution in [3.05, 3.63) is 52.2 Å². The fourth-order valence-corrected chi connectivity index (χ4v) is 2.27. The van der Waals surface area contributed by atoms with Gasteiger partial charge in [0, 0.05) is 11.0 Å². The van der Waals surface area contributed by atoms with Gasteiger partial charge in [-0.15, -0.1) is 0 Å². The van der Waals surface area contributed by atoms with E-state index in [1.54, 1.807) is 25.3 Å². The molecule has 0 atom stereocenters. The predicted octanol–water partition coefficient (Wildman–Crippen LogP) is 3.02. The quantitative estimate of drug-likeness (QED) is 0.634. The van der Waals surface area contributed by atoms with Crippen LogP contribution >= 0.6 is 11.8 Å². The molecule has 0 bridgehead atoms. The van der Waals surface area contributed by atoms with Crippen LogP contribution in [-0.2, 0) is 0 Å². The summed E-state index contributed by atoms with van der Waals surface area (Å²) in [4.78, 5) is 15.0. The van der Waals surface area contributed by atoms with Crippen LogP contribution in [0.4, 0.5) is 5.69 Å². The number of rotatable bonds is 4. The maximum atomic E-state index is 10.7. The van der Waals surface area contributed by atoms with E-state index in [1.165, 1.54) is 23.9 Å². The van der Waals surface area contributed by atoms with E-state index in [1.807, 2.05) is 12.1 Å². The Morgan fingerprint density at radius 2 is 2.00 bits per heavy atom. The van der Waals surface area contributed by atoms with Gasteiger partial charge in [-0.3, -0.25) is 10.1 Å². The number of benzene rings is 1. The Morgan fingerprint density at radius 1 is 1.30 bits per heavy atom. The Kier molecular flexibility index (Phi) is 4.17. The lowest BCUT2D eigenvalue weighted by Crippen LogP contribution is -1.95. The molecule has 0 unspecified atom stereocenters. The molecule has 1 aromatic carbocycles. The minimum absolute atomic E-state index is 0.187. The fourth-order valence-electron chi connectivity index (χ4n) is 1.48. The average molecular weight is 287 g/mol. The zero-order valence-electron chi connectivity index (χ0n) is 10.4. The highest BCUT2D eigenvalue weighted by Crippen LogP contribution is 2.29. The van der Waals surface area contributed by atoms with Crippen LogP contribution in [0, 0.1) is 21.4 Å². The Bertz CT molecular complexity index is 680. The molecule has 6 nitrogen and oxygen atoms in total. The Labute approximate surface area is 119 Å². The monoisotopic (exact) mass is 287 g/mol. The largest absolute Gasteiger partial charge is 0.497 e. The van der Waals surface area contributed by atoms with Crippen molar-refractivity contribution in [3.8, 4) is 11.8 Å². The number of methoxy groups -OCH3 is 1. The molecule has 0 aliphatic rings. The lowest BCUT2D eigenvalue weighted by molar-refractivity contribution is -0.385. The van der Waals surface area contributed by atoms with Gasteiger partial charge in [-0.2, -0.15) is 5.26 Å². The molecule has 20 heavy (non-hydrogen) atoms. The third-order valence-electron chi connectivity index (χ3n) is 2.43. The van der Waals surface area contributed by atoms with Gasteiger partial charge in [-0.1, -0.05) is 11.8 Å². The number of nitrogens with zero attached hydrogens (tertiary/aromatic N) is 3. The van der Waals surface area contributed by atoms with Gasteiger partial charge in [0.05, 0.1) is 12.0 Å². The summed E-state index contributed by atoms with van der Waals surface area (Å²) in [5, 5.41) is 20.1. The third kappa shape index (κ3) is 3.05. The first-order valence-electron chi connectivity index (χ1n) is 5.51. The van der Waals surface area contributed by atoms with Gasteiger partial charge in [0.1, 0.15) is 16.8 Å². The molecule has 2 aromatic rings. The second kappa shape index (κ2) is 6.04. The molecule has 1 aromatic heterocycles. The van der Waals surface area contributed by atoms with Crippen LogP contribution in [0.25, 0.3) is 0 Å². The van der Waals surface area contributed by atoms with Crippen molar-refractivity contribution in [3.63, 3.8) is 0 Å². The van der Waals surface area contributed by atoms with Crippen molar-refractivity contribution in [1.29, 1.82) is 5.26 Å². The molecule has 0 radical (unpaired) electrons. The van der Waals surface area contributed by atoms with Crippen molar-refractivity contribution in [2.75, 3.05) is 7.11 Å². The maximum absolute atomic E-state index is 10.7. The summed E-state index contributed by atoms with van der Waals surface area (Å²) in [6, 6.07) is 11.8. The Hall–Kier alpha value is -2.59. The highest BCUT2D eigenvalue weighted by Gasteiger charge is 2.15. The molecule has 0 saturated heterocycles. The molecule has 0 aliphatic heterocycles. The number of ether oxygens (including phenoxy) is 1. The molecule has 0 spiro atoms. The van der Waals surface area contributed by atoms with Crippen molar-refractivity contribution in [1.82, 2.24) is 4.98 Å². The smallest absolute Gasteiger partial charge is 0.305 e. The summed E-state index contributed by atoms with van der Waals surface area (Å²) < 4.78 is 5.06. The normalized spacial score (nSPS) is 9.80. The molecule has 0 N–H and O–H groups in total. The van der Waals surface area contributed by atoms with Crippen LogP contribution < -0.4 is 4.74 Å². The molecule has 7 heteroatoms. The lowest BCUT2D eigenvalue weighted by atomic mass is 10.3. The number of nitro groups is 1. The van der Waals surface area contributed by atoms with Crippen LogP contribution in [0.15, 0.2) is 46.3 Å². The number of hydrogen-bond donors (Lipinski definition) is 0. The van der Waals surface area contributed by atoms with E-state index in [9.17, 15) is 10.1 Å². The summed E-state index contributed by atoms with van der Waals surface area (Å²) in [5.41, 5.74) is -0.472. The minimum Gasteiger partial charge on any atom is -0.497 e. The van der Waals surface area contributed by atoms with E-state index in [0.29, 0.717) is 5.03 Å². The van der Waals surface area contributed by atoms with Gasteiger partial charge in [0.2, 0.25) is 5.69 Å². The highest BCUT2D eigenvalue weighted by atomic mass is 32.2. The number of aromatic nitrogens is 1. The van der Waals surface area contributed by atoms with E-state index in [2.05, 4.69) is 4.98 Å². The van der Waals surface area contributed by atoms with E-state index >= 15 is 0 Å². The second-order valence-corrected chi connectivity index (χ2v) is 4.76. The van der Waals surface area contributed by atoms with Crippen molar-refractivity contribution in [2.45, 2.75) is 9.92 Å². The summed E-state index contributed by atoms with van der Waals surface area (Å²) >= 11 is 1.32. The minimum atomic E-state index is -0.618. The molecule has 1 heterocycles. The standard InChI is InChI=1S/C13H9N3O3S/c1-19-9-2-4-10(5-3-9)20-13-7-6-12(16(17)18)11(8-14)15-13/h2-7H,1H3. The first-order chi connectivity index (χ1) is 9.63. The first-order valence-corrected chi connectivity index (χ1v) is 6.33. The highest BCUT2D eigenvalue weighted by molar-refractivity contribution is 7.99. The van der Waals surface area contributed by atoms with Gasteiger partial charge in [-0.25, -0.2) is 4.98 Å². The molecule has 0 saturated carbocycles. The zero-order chi connectivity index (χ0) is 14.5. The van der Waals surface area contributed by atoms with Crippen LogP contribution in [0.2, 0.25) is 0 Å². The summed E-state index contributed by atoms with van der Waals surface area (Å²) in [6.07, 6.45) is 0. The van der Waals surface area contributed by atoms with E-state index in [0.717, 1.165) is 10.6 Å². The van der Waals surface area contributed by atoms with Crippen LogP contribution in [0.3, 0.4) is 0 Å². The fraction of sp³-hybridized carbons (Fsp3) is 0.0769. The van der Waals surface area contributed by atoms with E-state index < -0.39 is 4.92 Å². The predicted molar refractivity (Wildman–Crippen MR) is 72.7 cm³/mol. The zero-order valence-corrected chi connectivity index (χ0v) is 11.3.